The van der Waals surface area contributed by atoms with E-state index in [0.29, 0.717) is 18.9 Å². The van der Waals surface area contributed by atoms with E-state index in [0.717, 1.165) is 0 Å². The van der Waals surface area contributed by atoms with Crippen LogP contribution in [0.3, 0.4) is 0 Å². The Hall–Kier alpha value is -1.94. The Balaban J connectivity index is 2.57. The maximum atomic E-state index is 13.4. The highest BCUT2D eigenvalue weighted by atomic mass is 19.1. The number of halogens is 1. The molecule has 0 unspecified atom stereocenters. The van der Waals surface area contributed by atoms with Gasteiger partial charge in [0.25, 0.3) is 0 Å². The minimum atomic E-state index is -0.458. The smallest absolute Gasteiger partial charge is 0.250 e. The third-order valence-electron chi connectivity index (χ3n) is 2.24. The Labute approximate surface area is 117 Å². The van der Waals surface area contributed by atoms with Crippen LogP contribution in [-0.2, 0) is 14.3 Å². The van der Waals surface area contributed by atoms with Gasteiger partial charge in [-0.05, 0) is 18.2 Å². The summed E-state index contributed by atoms with van der Waals surface area (Å²) in [5.41, 5.74) is 5.87. The predicted molar refractivity (Wildman–Crippen MR) is 73.7 cm³/mol. The van der Waals surface area contributed by atoms with Crippen molar-refractivity contribution in [1.82, 2.24) is 0 Å². The number of hydrogen-bond acceptors (Lipinski definition) is 4. The van der Waals surface area contributed by atoms with Gasteiger partial charge in [0.2, 0.25) is 5.91 Å². The first kappa shape index (κ1) is 16.1. The van der Waals surface area contributed by atoms with Gasteiger partial charge in [0.15, 0.2) is 0 Å². The summed E-state index contributed by atoms with van der Waals surface area (Å²) in [4.78, 5) is 11.6. The Bertz CT molecular complexity index is 509. The van der Waals surface area contributed by atoms with E-state index in [4.69, 9.17) is 15.2 Å². The van der Waals surface area contributed by atoms with Crippen molar-refractivity contribution in [2.45, 2.75) is 0 Å². The summed E-state index contributed by atoms with van der Waals surface area (Å²) in [5, 5.41) is 2.59. The molecule has 1 aromatic rings. The van der Waals surface area contributed by atoms with Gasteiger partial charge in [-0.3, -0.25) is 4.79 Å². The lowest BCUT2D eigenvalue weighted by molar-refractivity contribution is -0.121. The zero-order valence-electron chi connectivity index (χ0n) is 11.2. The number of ether oxygens (including phenoxy) is 2. The van der Waals surface area contributed by atoms with E-state index in [1.165, 1.54) is 18.2 Å². The molecule has 5 nitrogen and oxygen atoms in total. The number of hydrogen-bond donors (Lipinski definition) is 2. The van der Waals surface area contributed by atoms with Gasteiger partial charge >= 0.3 is 0 Å². The Morgan fingerprint density at radius 3 is 2.95 bits per heavy atom. The molecule has 20 heavy (non-hydrogen) atoms. The Kier molecular flexibility index (Phi) is 7.29. The molecule has 0 aliphatic rings. The number of carbonyl (C=O) groups excluding carboxylic acids is 1. The lowest BCUT2D eigenvalue weighted by atomic mass is 10.2. The molecule has 0 atom stereocenters. The van der Waals surface area contributed by atoms with Crippen molar-refractivity contribution in [3.63, 3.8) is 0 Å². The second-order valence-electron chi connectivity index (χ2n) is 3.79. The number of nitrogens with one attached hydrogen (secondary N) is 1. The molecule has 1 rings (SSSR count). The normalized spacial score (nSPS) is 9.75. The Morgan fingerprint density at radius 2 is 2.25 bits per heavy atom. The third-order valence-corrected chi connectivity index (χ3v) is 2.24. The van der Waals surface area contributed by atoms with Gasteiger partial charge in [-0.2, -0.15) is 0 Å². The van der Waals surface area contributed by atoms with Gasteiger partial charge in [0, 0.05) is 12.8 Å². The van der Waals surface area contributed by atoms with Crippen LogP contribution in [0.15, 0.2) is 18.2 Å². The molecule has 3 N–H and O–H groups in total. The number of benzene rings is 1. The highest BCUT2D eigenvalue weighted by Gasteiger charge is 2.05. The van der Waals surface area contributed by atoms with E-state index >= 15 is 0 Å². The van der Waals surface area contributed by atoms with Crippen LogP contribution in [0.2, 0.25) is 0 Å². The lowest BCUT2D eigenvalue weighted by Gasteiger charge is -2.07. The van der Waals surface area contributed by atoms with Gasteiger partial charge in [-0.1, -0.05) is 11.8 Å². The number of nitrogens with two attached hydrogens (primary N) is 1. The maximum absolute atomic E-state index is 13.4. The van der Waals surface area contributed by atoms with E-state index in [9.17, 15) is 9.18 Å². The van der Waals surface area contributed by atoms with Gasteiger partial charge < -0.3 is 20.5 Å². The molecule has 0 aliphatic carbocycles. The second kappa shape index (κ2) is 9.04. The summed E-state index contributed by atoms with van der Waals surface area (Å²) in [6.45, 7) is 0.803. The summed E-state index contributed by atoms with van der Waals surface area (Å²) in [6, 6.07) is 4.14. The summed E-state index contributed by atoms with van der Waals surface area (Å²) in [6.07, 6.45) is 0. The summed E-state index contributed by atoms with van der Waals surface area (Å²) >= 11 is 0. The monoisotopic (exact) mass is 280 g/mol. The molecule has 0 radical (unpaired) electrons. The van der Waals surface area contributed by atoms with Gasteiger partial charge in [-0.25, -0.2) is 4.39 Å². The molecule has 0 aliphatic heterocycles. The van der Waals surface area contributed by atoms with Crippen LogP contribution in [-0.4, -0.2) is 39.4 Å². The highest BCUT2D eigenvalue weighted by molar-refractivity contribution is 5.91. The van der Waals surface area contributed by atoms with Gasteiger partial charge in [0.05, 0.1) is 25.3 Å². The molecule has 0 heterocycles. The molecule has 0 fully saturated rings. The molecular weight excluding hydrogens is 263 g/mol. The van der Waals surface area contributed by atoms with Crippen molar-refractivity contribution in [2.75, 3.05) is 38.8 Å². The van der Waals surface area contributed by atoms with E-state index in [2.05, 4.69) is 17.2 Å². The van der Waals surface area contributed by atoms with Crippen LogP contribution in [0.4, 0.5) is 10.1 Å². The van der Waals surface area contributed by atoms with E-state index < -0.39 is 5.82 Å². The molecule has 1 amide bonds. The minimum Gasteiger partial charge on any atom is -0.382 e. The van der Waals surface area contributed by atoms with Crippen molar-refractivity contribution >= 4 is 11.6 Å². The average Bonchev–Trinajstić information content (AvgIpc) is 2.44. The largest absolute Gasteiger partial charge is 0.382 e. The zero-order chi connectivity index (χ0) is 14.8. The van der Waals surface area contributed by atoms with Crippen LogP contribution in [0.5, 0.6) is 0 Å². The van der Waals surface area contributed by atoms with Crippen LogP contribution in [0.25, 0.3) is 0 Å². The van der Waals surface area contributed by atoms with Crippen LogP contribution < -0.4 is 11.1 Å². The van der Waals surface area contributed by atoms with Crippen molar-refractivity contribution in [2.24, 2.45) is 5.73 Å². The van der Waals surface area contributed by atoms with E-state index in [1.807, 2.05) is 0 Å². The minimum absolute atomic E-state index is 0.0927. The van der Waals surface area contributed by atoms with Gasteiger partial charge in [0.1, 0.15) is 12.4 Å². The molecule has 1 aromatic carbocycles. The van der Waals surface area contributed by atoms with Crippen LogP contribution in [0, 0.1) is 17.7 Å². The predicted octanol–water partition coefficient (Wildman–Crippen LogP) is 0.737. The molecule has 0 spiro atoms. The first-order valence-corrected chi connectivity index (χ1v) is 6.02. The molecule has 6 heteroatoms. The van der Waals surface area contributed by atoms with Crippen molar-refractivity contribution < 1.29 is 18.7 Å². The van der Waals surface area contributed by atoms with Crippen molar-refractivity contribution in [3.05, 3.63) is 29.6 Å². The summed E-state index contributed by atoms with van der Waals surface area (Å²) in [5.74, 6) is 4.37. The number of carbonyl (C=O) groups is 1. The first-order valence-electron chi connectivity index (χ1n) is 6.02. The van der Waals surface area contributed by atoms with Crippen molar-refractivity contribution in [3.8, 4) is 11.8 Å². The molecule has 108 valence electrons. The zero-order valence-corrected chi connectivity index (χ0v) is 11.2. The molecule has 0 bridgehead atoms. The van der Waals surface area contributed by atoms with Gasteiger partial charge in [-0.15, -0.1) is 0 Å². The summed E-state index contributed by atoms with van der Waals surface area (Å²) < 4.78 is 23.3. The van der Waals surface area contributed by atoms with Crippen molar-refractivity contribution in [1.29, 1.82) is 0 Å². The van der Waals surface area contributed by atoms with Crippen LogP contribution >= 0.6 is 0 Å². The number of rotatable bonds is 6. The molecule has 0 saturated heterocycles. The first-order chi connectivity index (χ1) is 9.67. The van der Waals surface area contributed by atoms with E-state index in [-0.39, 0.29) is 24.6 Å². The number of methoxy groups -OCH3 is 1. The quantitative estimate of drug-likeness (QED) is 0.595. The third kappa shape index (κ3) is 5.80. The fourth-order valence-electron chi connectivity index (χ4n) is 1.35. The molecule has 0 aromatic heterocycles. The Morgan fingerprint density at radius 1 is 1.45 bits per heavy atom. The maximum Gasteiger partial charge on any atom is 0.250 e. The number of anilines is 1. The fraction of sp³-hybridized carbons (Fsp3) is 0.357. The van der Waals surface area contributed by atoms with Crippen LogP contribution in [0.1, 0.15) is 5.56 Å². The highest BCUT2D eigenvalue weighted by Crippen LogP contribution is 2.13. The lowest BCUT2D eigenvalue weighted by Crippen LogP contribution is -2.19. The standard InChI is InChI=1S/C14H17FN2O3/c1-19-7-8-20-10-14(18)17-12-4-5-13(15)11(9-12)3-2-6-16/h4-5,9H,6-8,10,16H2,1H3,(H,17,18). The second-order valence-corrected chi connectivity index (χ2v) is 3.79. The number of amides is 1. The topological polar surface area (TPSA) is 73.6 Å². The molecule has 0 saturated carbocycles. The fourth-order valence-corrected chi connectivity index (χ4v) is 1.35. The average molecular weight is 280 g/mol. The molecular formula is C14H17FN2O3. The SMILES string of the molecule is COCCOCC(=O)Nc1ccc(F)c(C#CCN)c1. The summed E-state index contributed by atoms with van der Waals surface area (Å²) in [7, 11) is 1.55. The van der Waals surface area contributed by atoms with E-state index in [1.54, 1.807) is 7.11 Å².